The Balaban J connectivity index is 1.60. The highest BCUT2D eigenvalue weighted by molar-refractivity contribution is 6.35. The van der Waals surface area contributed by atoms with Gasteiger partial charge in [0.15, 0.2) is 0 Å². The average Bonchev–Trinajstić information content (AvgIpc) is 3.47. The van der Waals surface area contributed by atoms with Crippen LogP contribution in [0.2, 0.25) is 5.02 Å². The van der Waals surface area contributed by atoms with Crippen molar-refractivity contribution in [2.75, 3.05) is 24.4 Å². The van der Waals surface area contributed by atoms with E-state index in [9.17, 15) is 5.26 Å². The third-order valence-electron chi connectivity index (χ3n) is 5.96. The van der Waals surface area contributed by atoms with Crippen LogP contribution in [0.3, 0.4) is 0 Å². The maximum Gasteiger partial charge on any atom is 0.109 e. The molecule has 5 aromatic rings. The SMILES string of the molecule is COC[C@H](Nc1c(C#N)cnc2c(Cl)cc(N[C@@H](c3cccnc3)c3cn[nH]n3)cc12)c1ccccc1. The lowest BCUT2D eigenvalue weighted by Crippen LogP contribution is -2.17. The van der Waals surface area contributed by atoms with E-state index in [0.717, 1.165) is 16.8 Å². The molecule has 0 saturated heterocycles. The first-order valence-electron chi connectivity index (χ1n) is 11.5. The number of aromatic nitrogens is 5. The van der Waals surface area contributed by atoms with Crippen molar-refractivity contribution < 1.29 is 4.74 Å². The van der Waals surface area contributed by atoms with Gasteiger partial charge >= 0.3 is 0 Å². The molecular weight excluding hydrogens is 488 g/mol. The fraction of sp³-hybridized carbons (Fsp3) is 0.148. The van der Waals surface area contributed by atoms with Crippen molar-refractivity contribution in [1.82, 2.24) is 25.4 Å². The summed E-state index contributed by atoms with van der Waals surface area (Å²) in [7, 11) is 1.65. The Labute approximate surface area is 218 Å². The summed E-state index contributed by atoms with van der Waals surface area (Å²) in [6.45, 7) is 0.402. The van der Waals surface area contributed by atoms with E-state index in [1.165, 1.54) is 6.20 Å². The number of H-pyrrole nitrogens is 1. The monoisotopic (exact) mass is 510 g/mol. The molecule has 0 fully saturated rings. The van der Waals surface area contributed by atoms with E-state index in [1.807, 2.05) is 48.5 Å². The van der Waals surface area contributed by atoms with Crippen molar-refractivity contribution in [2.24, 2.45) is 0 Å². The largest absolute Gasteiger partial charge is 0.382 e. The van der Waals surface area contributed by atoms with Crippen LogP contribution in [0.4, 0.5) is 11.4 Å². The molecule has 9 nitrogen and oxygen atoms in total. The summed E-state index contributed by atoms with van der Waals surface area (Å²) in [5.74, 6) is 0. The first-order chi connectivity index (χ1) is 18.2. The Morgan fingerprint density at radius 1 is 1.05 bits per heavy atom. The Morgan fingerprint density at radius 3 is 2.59 bits per heavy atom. The van der Waals surface area contributed by atoms with Gasteiger partial charge in [0, 0.05) is 36.8 Å². The molecule has 2 atom stereocenters. The van der Waals surface area contributed by atoms with Crippen LogP contribution in [0.25, 0.3) is 10.9 Å². The number of halogens is 1. The molecule has 0 aliphatic rings. The van der Waals surface area contributed by atoms with Gasteiger partial charge in [-0.25, -0.2) is 0 Å². The summed E-state index contributed by atoms with van der Waals surface area (Å²) in [6, 6.07) is 19.2. The summed E-state index contributed by atoms with van der Waals surface area (Å²) >= 11 is 6.71. The minimum Gasteiger partial charge on any atom is -0.382 e. The molecule has 0 unspecified atom stereocenters. The third kappa shape index (κ3) is 5.21. The number of nitrogens with zero attached hydrogens (tertiary/aromatic N) is 5. The van der Waals surface area contributed by atoms with Gasteiger partial charge < -0.3 is 15.4 Å². The maximum absolute atomic E-state index is 9.91. The van der Waals surface area contributed by atoms with Gasteiger partial charge in [-0.3, -0.25) is 9.97 Å². The van der Waals surface area contributed by atoms with E-state index >= 15 is 0 Å². The highest BCUT2D eigenvalue weighted by Gasteiger charge is 2.21. The number of aromatic amines is 1. The molecule has 5 rings (SSSR count). The maximum atomic E-state index is 9.91. The van der Waals surface area contributed by atoms with Gasteiger partial charge in [0.2, 0.25) is 0 Å². The number of ether oxygens (including phenoxy) is 1. The van der Waals surface area contributed by atoms with Crippen LogP contribution in [0.15, 0.2) is 79.4 Å². The third-order valence-corrected chi connectivity index (χ3v) is 6.25. The predicted octanol–water partition coefficient (Wildman–Crippen LogP) is 5.27. The first kappa shape index (κ1) is 24.2. The second-order valence-corrected chi connectivity index (χ2v) is 8.74. The van der Waals surface area contributed by atoms with E-state index in [1.54, 1.807) is 31.8 Å². The molecule has 2 aromatic carbocycles. The lowest BCUT2D eigenvalue weighted by atomic mass is 10.0. The minimum absolute atomic E-state index is 0.197. The number of hydrogen-bond acceptors (Lipinski definition) is 8. The molecule has 10 heteroatoms. The molecule has 0 saturated carbocycles. The van der Waals surface area contributed by atoms with E-state index in [0.29, 0.717) is 39.5 Å². The van der Waals surface area contributed by atoms with E-state index in [4.69, 9.17) is 16.3 Å². The molecule has 0 aliphatic heterocycles. The normalized spacial score (nSPS) is 12.6. The van der Waals surface area contributed by atoms with Crippen LogP contribution >= 0.6 is 11.6 Å². The number of hydrogen-bond donors (Lipinski definition) is 3. The molecule has 184 valence electrons. The second kappa shape index (κ2) is 11.0. The van der Waals surface area contributed by atoms with Crippen LogP contribution in [-0.2, 0) is 4.74 Å². The zero-order valence-electron chi connectivity index (χ0n) is 19.9. The Hall–Kier alpha value is -4.52. The van der Waals surface area contributed by atoms with Crippen molar-refractivity contribution in [2.45, 2.75) is 12.1 Å². The van der Waals surface area contributed by atoms with Gasteiger partial charge in [-0.15, -0.1) is 0 Å². The standard InChI is InChI=1S/C27H23ClN8O/c1-37-16-24(17-6-3-2-4-7-17)34-25-19(12-29)14-31-27-21(25)10-20(11-22(27)28)33-26(23-15-32-36-35-23)18-8-5-9-30-13-18/h2-11,13-15,24,26,33H,16H2,1H3,(H,31,34)(H,32,35,36)/t24-,26-/m0/s1. The molecule has 3 N–H and O–H groups in total. The van der Waals surface area contributed by atoms with Crippen LogP contribution < -0.4 is 10.6 Å². The highest BCUT2D eigenvalue weighted by atomic mass is 35.5. The number of benzene rings is 2. The van der Waals surface area contributed by atoms with Gasteiger partial charge in [0.05, 0.1) is 46.7 Å². The minimum atomic E-state index is -0.338. The molecule has 37 heavy (non-hydrogen) atoms. The van der Waals surface area contributed by atoms with E-state index < -0.39 is 0 Å². The molecule has 3 heterocycles. The predicted molar refractivity (Wildman–Crippen MR) is 142 cm³/mol. The number of rotatable bonds is 9. The molecule has 0 amide bonds. The van der Waals surface area contributed by atoms with E-state index in [2.05, 4.69) is 42.1 Å². The van der Waals surface area contributed by atoms with Gasteiger partial charge in [-0.1, -0.05) is 48.0 Å². The Kier molecular flexibility index (Phi) is 7.21. The van der Waals surface area contributed by atoms with Crippen molar-refractivity contribution in [3.8, 4) is 6.07 Å². The Morgan fingerprint density at radius 2 is 1.89 bits per heavy atom. The van der Waals surface area contributed by atoms with Crippen LogP contribution in [-0.4, -0.2) is 39.1 Å². The van der Waals surface area contributed by atoms with Gasteiger partial charge in [-0.05, 0) is 29.3 Å². The second-order valence-electron chi connectivity index (χ2n) is 8.33. The van der Waals surface area contributed by atoms with Crippen molar-refractivity contribution in [3.63, 3.8) is 0 Å². The lowest BCUT2D eigenvalue weighted by molar-refractivity contribution is 0.186. The van der Waals surface area contributed by atoms with Gasteiger partial charge in [0.25, 0.3) is 0 Å². The number of pyridine rings is 2. The number of anilines is 2. The van der Waals surface area contributed by atoms with Gasteiger partial charge in [-0.2, -0.15) is 20.7 Å². The molecule has 0 aliphatic carbocycles. The fourth-order valence-corrected chi connectivity index (χ4v) is 4.49. The van der Waals surface area contributed by atoms with Crippen LogP contribution in [0.1, 0.15) is 34.5 Å². The zero-order chi connectivity index (χ0) is 25.6. The van der Waals surface area contributed by atoms with Crippen molar-refractivity contribution in [1.29, 1.82) is 5.26 Å². The molecule has 3 aromatic heterocycles. The fourth-order valence-electron chi connectivity index (χ4n) is 4.22. The summed E-state index contributed by atoms with van der Waals surface area (Å²) < 4.78 is 5.49. The lowest BCUT2D eigenvalue weighted by Gasteiger charge is -2.23. The van der Waals surface area contributed by atoms with E-state index in [-0.39, 0.29) is 12.1 Å². The number of fused-ring (bicyclic) bond motifs is 1. The smallest absolute Gasteiger partial charge is 0.109 e. The van der Waals surface area contributed by atoms with Crippen LogP contribution in [0.5, 0.6) is 0 Å². The van der Waals surface area contributed by atoms with Gasteiger partial charge in [0.1, 0.15) is 11.8 Å². The highest BCUT2D eigenvalue weighted by Crippen LogP contribution is 2.36. The average molecular weight is 511 g/mol. The summed E-state index contributed by atoms with van der Waals surface area (Å²) in [5, 5.41) is 29.0. The van der Waals surface area contributed by atoms with Crippen molar-refractivity contribution >= 4 is 33.9 Å². The molecule has 0 bridgehead atoms. The first-order valence-corrected chi connectivity index (χ1v) is 11.9. The molecule has 0 spiro atoms. The topological polar surface area (TPSA) is 124 Å². The summed E-state index contributed by atoms with van der Waals surface area (Å²) in [4.78, 5) is 8.72. The number of nitriles is 1. The van der Waals surface area contributed by atoms with Crippen molar-refractivity contribution in [3.05, 3.63) is 107 Å². The summed E-state index contributed by atoms with van der Waals surface area (Å²) in [5.41, 5.74) is 4.95. The molecule has 0 radical (unpaired) electrons. The quantitative estimate of drug-likeness (QED) is 0.245. The zero-order valence-corrected chi connectivity index (χ0v) is 20.6. The summed E-state index contributed by atoms with van der Waals surface area (Å²) in [6.07, 6.45) is 6.68. The molecular formula is C27H23ClN8O. The van der Waals surface area contributed by atoms with Crippen LogP contribution in [0, 0.1) is 11.3 Å². The number of nitrogens with one attached hydrogen (secondary N) is 3. The Bertz CT molecular complexity index is 1520. The number of methoxy groups -OCH3 is 1.